The molecule has 11 heteroatoms. The summed E-state index contributed by atoms with van der Waals surface area (Å²) >= 11 is 0. The number of nitrogens with zero attached hydrogens (tertiary/aromatic N) is 1. The fourth-order valence-electron chi connectivity index (χ4n) is 3.72. The van der Waals surface area contributed by atoms with Crippen molar-refractivity contribution in [3.63, 3.8) is 0 Å². The maximum atomic E-state index is 13.3. The van der Waals surface area contributed by atoms with Crippen molar-refractivity contribution in [1.82, 2.24) is 15.3 Å². The molecule has 1 saturated heterocycles. The van der Waals surface area contributed by atoms with Gasteiger partial charge in [0.05, 0.1) is 31.3 Å². The van der Waals surface area contributed by atoms with E-state index in [1.165, 1.54) is 0 Å². The van der Waals surface area contributed by atoms with E-state index in [0.717, 1.165) is 16.2 Å². The van der Waals surface area contributed by atoms with Gasteiger partial charge in [-0.1, -0.05) is 56.3 Å². The van der Waals surface area contributed by atoms with Crippen LogP contribution in [0.25, 0.3) is 6.08 Å². The number of amides is 2. The maximum absolute atomic E-state index is 13.3. The fraction of sp³-hybridized carbons (Fsp3) is 0.565. The van der Waals surface area contributed by atoms with Gasteiger partial charge in [0, 0.05) is 13.0 Å². The summed E-state index contributed by atoms with van der Waals surface area (Å²) in [4.78, 5) is 25.8. The van der Waals surface area contributed by atoms with E-state index in [0.29, 0.717) is 19.6 Å². The van der Waals surface area contributed by atoms with Crippen LogP contribution in [-0.4, -0.2) is 62.2 Å². The number of ether oxygens (including phenoxy) is 2. The van der Waals surface area contributed by atoms with Crippen molar-refractivity contribution in [2.75, 3.05) is 26.0 Å². The van der Waals surface area contributed by atoms with Gasteiger partial charge in [-0.25, -0.2) is 13.9 Å². The lowest BCUT2D eigenvalue weighted by molar-refractivity contribution is -0.142. The molecule has 0 spiro atoms. The predicted octanol–water partition coefficient (Wildman–Crippen LogP) is 1.93. The Hall–Kier alpha value is -2.31. The first-order valence-corrected chi connectivity index (χ1v) is 13.1. The van der Waals surface area contributed by atoms with Crippen molar-refractivity contribution < 1.29 is 32.7 Å². The van der Waals surface area contributed by atoms with Gasteiger partial charge in [0.25, 0.3) is 0 Å². The molecule has 0 radical (unpaired) electrons. The number of hydrogen-bond acceptors (Lipinski definition) is 7. The van der Waals surface area contributed by atoms with Crippen LogP contribution >= 0.6 is 0 Å². The highest BCUT2D eigenvalue weighted by Crippen LogP contribution is 2.26. The second-order valence-corrected chi connectivity index (χ2v) is 10.5. The van der Waals surface area contributed by atoms with Crippen LogP contribution in [-0.2, 0) is 29.1 Å². The molecular weight excluding hydrogens is 462 g/mol. The molecule has 0 saturated carbocycles. The first kappa shape index (κ1) is 27.9. The van der Waals surface area contributed by atoms with E-state index >= 15 is 0 Å². The van der Waals surface area contributed by atoms with Crippen molar-refractivity contribution in [2.24, 2.45) is 17.8 Å². The standard InChI is InChI=1S/C23H35N3O7S/c1-17(2)16-20(19(23(28)25-29)11-7-10-18-8-5-4-6-9-18)22(27)24-26(34(3,30)31)13-12-21-32-14-15-33-21/h4-10,17,19-21,29H,11-16H2,1-3H3,(H,24,27)(H,25,28)/t19-,20+/m0/s1. The van der Waals surface area contributed by atoms with Crippen LogP contribution in [0.5, 0.6) is 0 Å². The third-order valence-electron chi connectivity index (χ3n) is 5.39. The molecule has 190 valence electrons. The van der Waals surface area contributed by atoms with E-state index < -0.39 is 40.0 Å². The third-order valence-corrected chi connectivity index (χ3v) is 6.46. The average molecular weight is 498 g/mol. The highest BCUT2D eigenvalue weighted by Gasteiger charge is 2.35. The Morgan fingerprint density at radius 3 is 2.35 bits per heavy atom. The first-order chi connectivity index (χ1) is 16.1. The largest absolute Gasteiger partial charge is 0.350 e. The number of sulfonamides is 1. The van der Waals surface area contributed by atoms with E-state index in [-0.39, 0.29) is 25.3 Å². The monoisotopic (exact) mass is 497 g/mol. The van der Waals surface area contributed by atoms with Gasteiger partial charge >= 0.3 is 0 Å². The van der Waals surface area contributed by atoms with E-state index in [4.69, 9.17) is 9.47 Å². The van der Waals surface area contributed by atoms with E-state index in [1.807, 2.05) is 50.3 Å². The molecule has 10 nitrogen and oxygen atoms in total. The van der Waals surface area contributed by atoms with E-state index in [9.17, 15) is 23.2 Å². The second kappa shape index (κ2) is 13.5. The quantitative estimate of drug-likeness (QED) is 0.280. The summed E-state index contributed by atoms with van der Waals surface area (Å²) in [5.74, 6) is -3.08. The summed E-state index contributed by atoms with van der Waals surface area (Å²) in [6.45, 7) is 4.62. The molecular formula is C23H35N3O7S. The molecule has 3 N–H and O–H groups in total. The molecule has 34 heavy (non-hydrogen) atoms. The van der Waals surface area contributed by atoms with Crippen LogP contribution in [0.15, 0.2) is 36.4 Å². The van der Waals surface area contributed by atoms with Crippen LogP contribution in [0.4, 0.5) is 0 Å². The molecule has 1 aromatic carbocycles. The van der Waals surface area contributed by atoms with Gasteiger partial charge in [-0.2, -0.15) is 0 Å². The Balaban J connectivity index is 2.19. The van der Waals surface area contributed by atoms with Crippen molar-refractivity contribution in [3.8, 4) is 0 Å². The number of carbonyl (C=O) groups excluding carboxylic acids is 2. The van der Waals surface area contributed by atoms with Gasteiger partial charge in [-0.3, -0.25) is 20.2 Å². The van der Waals surface area contributed by atoms with E-state index in [1.54, 1.807) is 11.6 Å². The van der Waals surface area contributed by atoms with Crippen molar-refractivity contribution in [1.29, 1.82) is 0 Å². The van der Waals surface area contributed by atoms with Gasteiger partial charge in [0.15, 0.2) is 6.29 Å². The Kier molecular flexibility index (Phi) is 11.1. The lowest BCUT2D eigenvalue weighted by atomic mass is 9.82. The zero-order chi connectivity index (χ0) is 25.1. The lowest BCUT2D eigenvalue weighted by Gasteiger charge is -2.29. The minimum absolute atomic E-state index is 0.0369. The minimum atomic E-state index is -3.79. The smallest absolute Gasteiger partial charge is 0.247 e. The Labute approximate surface area is 201 Å². The normalized spacial score (nSPS) is 16.8. The predicted molar refractivity (Wildman–Crippen MR) is 126 cm³/mol. The summed E-state index contributed by atoms with van der Waals surface area (Å²) < 4.78 is 36.1. The number of hydroxylamine groups is 1. The summed E-state index contributed by atoms with van der Waals surface area (Å²) in [6, 6.07) is 9.46. The van der Waals surface area contributed by atoms with Gasteiger partial charge in [-0.05, 0) is 24.3 Å². The number of nitrogens with one attached hydrogen (secondary N) is 2. The summed E-state index contributed by atoms with van der Waals surface area (Å²) in [5.41, 5.74) is 5.04. The molecule has 2 rings (SSSR count). The van der Waals surface area contributed by atoms with Crippen LogP contribution in [0.1, 0.15) is 38.7 Å². The molecule has 2 amide bonds. The van der Waals surface area contributed by atoms with Crippen LogP contribution in [0, 0.1) is 17.8 Å². The lowest BCUT2D eigenvalue weighted by Crippen LogP contribution is -2.51. The summed E-state index contributed by atoms with van der Waals surface area (Å²) in [7, 11) is -3.79. The minimum Gasteiger partial charge on any atom is -0.350 e. The number of hydrazine groups is 1. The second-order valence-electron chi connectivity index (χ2n) is 8.64. The zero-order valence-corrected chi connectivity index (χ0v) is 20.7. The number of allylic oxidation sites excluding steroid dienone is 1. The summed E-state index contributed by atoms with van der Waals surface area (Å²) in [6.07, 6.45) is 4.77. The van der Waals surface area contributed by atoms with E-state index in [2.05, 4.69) is 5.43 Å². The Morgan fingerprint density at radius 2 is 1.79 bits per heavy atom. The highest BCUT2D eigenvalue weighted by atomic mass is 32.2. The first-order valence-electron chi connectivity index (χ1n) is 11.3. The Morgan fingerprint density at radius 1 is 1.15 bits per heavy atom. The van der Waals surface area contributed by atoms with Crippen LogP contribution in [0.3, 0.4) is 0 Å². The molecule has 1 aromatic rings. The van der Waals surface area contributed by atoms with Gasteiger partial charge in [-0.15, -0.1) is 4.41 Å². The average Bonchev–Trinajstić information content (AvgIpc) is 3.31. The molecule has 0 aliphatic carbocycles. The molecule has 2 atom stereocenters. The fourth-order valence-corrected chi connectivity index (χ4v) is 4.41. The van der Waals surface area contributed by atoms with Crippen LogP contribution in [0.2, 0.25) is 0 Å². The van der Waals surface area contributed by atoms with Gasteiger partial charge < -0.3 is 9.47 Å². The topological polar surface area (TPSA) is 134 Å². The molecule has 1 aliphatic heterocycles. The number of rotatable bonds is 13. The number of carbonyl (C=O) groups is 2. The van der Waals surface area contributed by atoms with Crippen molar-refractivity contribution in [3.05, 3.63) is 42.0 Å². The number of hydrogen-bond donors (Lipinski definition) is 3. The maximum Gasteiger partial charge on any atom is 0.247 e. The zero-order valence-electron chi connectivity index (χ0n) is 19.8. The van der Waals surface area contributed by atoms with Crippen LogP contribution < -0.4 is 10.9 Å². The molecule has 0 unspecified atom stereocenters. The third kappa shape index (κ3) is 9.15. The molecule has 0 aromatic heterocycles. The van der Waals surface area contributed by atoms with Crippen molar-refractivity contribution >= 4 is 27.9 Å². The molecule has 1 aliphatic rings. The number of benzene rings is 1. The molecule has 0 bridgehead atoms. The molecule has 1 heterocycles. The van der Waals surface area contributed by atoms with Gasteiger partial charge in [0.2, 0.25) is 21.8 Å². The summed E-state index contributed by atoms with van der Waals surface area (Å²) in [5, 5.41) is 9.31. The Bertz CT molecular complexity index is 916. The molecule has 1 fully saturated rings. The van der Waals surface area contributed by atoms with Crippen molar-refractivity contribution in [2.45, 2.75) is 39.4 Å². The highest BCUT2D eigenvalue weighted by molar-refractivity contribution is 7.88. The SMILES string of the molecule is CC(C)C[C@@H](C(=O)NN(CCC1OCCO1)S(C)(=O)=O)[C@H](CC=Cc1ccccc1)C(=O)NO. The van der Waals surface area contributed by atoms with Gasteiger partial charge in [0.1, 0.15) is 0 Å².